The van der Waals surface area contributed by atoms with E-state index in [1.165, 1.54) is 37.4 Å². The predicted octanol–water partition coefficient (Wildman–Crippen LogP) is 2.37. The Morgan fingerprint density at radius 2 is 1.88 bits per heavy atom. The topological polar surface area (TPSA) is 106 Å². The van der Waals surface area contributed by atoms with Crippen molar-refractivity contribution in [3.8, 4) is 17.2 Å². The van der Waals surface area contributed by atoms with Gasteiger partial charge in [-0.05, 0) is 29.8 Å². The Morgan fingerprint density at radius 1 is 1.12 bits per heavy atom. The lowest BCUT2D eigenvalue weighted by Gasteiger charge is -2.18. The summed E-state index contributed by atoms with van der Waals surface area (Å²) in [4.78, 5) is 23.4. The van der Waals surface area contributed by atoms with Crippen molar-refractivity contribution in [1.82, 2.24) is 0 Å². The molecular weight excluding hydrogens is 340 g/mol. The summed E-state index contributed by atoms with van der Waals surface area (Å²) in [5, 5.41) is 20.0. The molecule has 2 N–H and O–H groups in total. The standard InChI is InChI=1S/C19H16O7/c1-24-19(23)17(8-12-2-5-13(20)9-15(12)21)25-14-6-3-11-4-7-18(22)26-16(11)10-14/h2-7,9-10,17,20-21H,8H2,1H3. The molecule has 7 heteroatoms. The molecule has 134 valence electrons. The van der Waals surface area contributed by atoms with Gasteiger partial charge in [-0.15, -0.1) is 0 Å². The first kappa shape index (κ1) is 17.3. The molecule has 0 aliphatic heterocycles. The van der Waals surface area contributed by atoms with Gasteiger partial charge in [0.25, 0.3) is 0 Å². The monoisotopic (exact) mass is 356 g/mol. The predicted molar refractivity (Wildman–Crippen MR) is 92.4 cm³/mol. The summed E-state index contributed by atoms with van der Waals surface area (Å²) >= 11 is 0. The normalized spacial score (nSPS) is 11.9. The number of esters is 1. The maximum absolute atomic E-state index is 12.1. The maximum Gasteiger partial charge on any atom is 0.347 e. The van der Waals surface area contributed by atoms with Crippen molar-refractivity contribution in [2.24, 2.45) is 0 Å². The number of hydrogen-bond acceptors (Lipinski definition) is 7. The Hall–Kier alpha value is -3.48. The molecule has 3 rings (SSSR count). The molecule has 0 aliphatic rings. The van der Waals surface area contributed by atoms with Crippen LogP contribution in [0.15, 0.2) is 57.7 Å². The third kappa shape index (κ3) is 3.77. The highest BCUT2D eigenvalue weighted by atomic mass is 16.6. The number of phenolic OH excluding ortho intramolecular Hbond substituents is 2. The van der Waals surface area contributed by atoms with Crippen LogP contribution in [0.4, 0.5) is 0 Å². The molecule has 26 heavy (non-hydrogen) atoms. The fourth-order valence-electron chi connectivity index (χ4n) is 2.51. The average molecular weight is 356 g/mol. The van der Waals surface area contributed by atoms with Gasteiger partial charge in [-0.2, -0.15) is 0 Å². The van der Waals surface area contributed by atoms with Crippen LogP contribution in [-0.2, 0) is 16.0 Å². The van der Waals surface area contributed by atoms with E-state index in [4.69, 9.17) is 13.9 Å². The van der Waals surface area contributed by atoms with Crippen LogP contribution in [0.3, 0.4) is 0 Å². The fraction of sp³-hybridized carbons (Fsp3) is 0.158. The average Bonchev–Trinajstić information content (AvgIpc) is 2.62. The van der Waals surface area contributed by atoms with Crippen LogP contribution in [0.2, 0.25) is 0 Å². The number of phenols is 2. The number of rotatable bonds is 5. The van der Waals surface area contributed by atoms with E-state index in [1.807, 2.05) is 0 Å². The SMILES string of the molecule is COC(=O)C(Cc1ccc(O)cc1O)Oc1ccc2ccc(=O)oc2c1. The van der Waals surface area contributed by atoms with Gasteiger partial charge in [-0.3, -0.25) is 0 Å². The van der Waals surface area contributed by atoms with Crippen molar-refractivity contribution >= 4 is 16.9 Å². The Labute approximate surface area is 148 Å². The third-order valence-electron chi connectivity index (χ3n) is 3.81. The van der Waals surface area contributed by atoms with Crippen LogP contribution in [0, 0.1) is 0 Å². The maximum atomic E-state index is 12.1. The van der Waals surface area contributed by atoms with E-state index in [-0.39, 0.29) is 17.9 Å². The van der Waals surface area contributed by atoms with Crippen LogP contribution in [0.1, 0.15) is 5.56 Å². The van der Waals surface area contributed by atoms with Gasteiger partial charge in [0, 0.05) is 30.0 Å². The molecule has 0 aliphatic carbocycles. The summed E-state index contributed by atoms with van der Waals surface area (Å²) in [6, 6.07) is 11.8. The Kier molecular flexibility index (Phi) is 4.79. The third-order valence-corrected chi connectivity index (χ3v) is 3.81. The number of carbonyl (C=O) groups excluding carboxylic acids is 1. The van der Waals surface area contributed by atoms with Crippen LogP contribution < -0.4 is 10.4 Å². The number of aromatic hydroxyl groups is 2. The molecule has 3 aromatic rings. The zero-order valence-corrected chi connectivity index (χ0v) is 13.8. The van der Waals surface area contributed by atoms with E-state index < -0.39 is 17.7 Å². The summed E-state index contributed by atoms with van der Waals surface area (Å²) in [6.45, 7) is 0. The van der Waals surface area contributed by atoms with E-state index in [0.717, 1.165) is 0 Å². The Bertz CT molecular complexity index is 1010. The van der Waals surface area contributed by atoms with Crippen LogP contribution in [0.5, 0.6) is 17.2 Å². The summed E-state index contributed by atoms with van der Waals surface area (Å²) in [7, 11) is 1.23. The lowest BCUT2D eigenvalue weighted by atomic mass is 10.1. The Balaban J connectivity index is 1.88. The quantitative estimate of drug-likeness (QED) is 0.534. The van der Waals surface area contributed by atoms with Gasteiger partial charge in [-0.25, -0.2) is 9.59 Å². The molecule has 0 saturated carbocycles. The number of benzene rings is 2. The van der Waals surface area contributed by atoms with Crippen LogP contribution in [-0.4, -0.2) is 29.4 Å². The molecule has 1 aromatic heterocycles. The van der Waals surface area contributed by atoms with E-state index in [9.17, 15) is 19.8 Å². The molecule has 0 saturated heterocycles. The summed E-state index contributed by atoms with van der Waals surface area (Å²) in [6.07, 6.45) is -1.02. The van der Waals surface area contributed by atoms with E-state index >= 15 is 0 Å². The summed E-state index contributed by atoms with van der Waals surface area (Å²) < 4.78 is 15.6. The minimum atomic E-state index is -1.04. The van der Waals surface area contributed by atoms with Crippen LogP contribution >= 0.6 is 0 Å². The van der Waals surface area contributed by atoms with Gasteiger partial charge in [0.15, 0.2) is 6.10 Å². The molecular formula is C19H16O7. The van der Waals surface area contributed by atoms with Gasteiger partial charge in [0.05, 0.1) is 7.11 Å². The van der Waals surface area contributed by atoms with Gasteiger partial charge in [0.1, 0.15) is 22.8 Å². The smallest absolute Gasteiger partial charge is 0.347 e. The highest BCUT2D eigenvalue weighted by Crippen LogP contribution is 2.26. The minimum Gasteiger partial charge on any atom is -0.508 e. The zero-order chi connectivity index (χ0) is 18.7. The number of ether oxygens (including phenoxy) is 2. The number of hydrogen-bond donors (Lipinski definition) is 2. The highest BCUT2D eigenvalue weighted by molar-refractivity contribution is 5.79. The molecule has 1 heterocycles. The van der Waals surface area contributed by atoms with Gasteiger partial charge in [-0.1, -0.05) is 6.07 Å². The van der Waals surface area contributed by atoms with Crippen molar-refractivity contribution in [1.29, 1.82) is 0 Å². The first-order chi connectivity index (χ1) is 12.5. The number of carbonyl (C=O) groups is 1. The molecule has 0 fully saturated rings. The second-order valence-electron chi connectivity index (χ2n) is 5.60. The largest absolute Gasteiger partial charge is 0.508 e. The van der Waals surface area contributed by atoms with Crippen molar-refractivity contribution in [2.75, 3.05) is 7.11 Å². The lowest BCUT2D eigenvalue weighted by Crippen LogP contribution is -2.30. The molecule has 7 nitrogen and oxygen atoms in total. The molecule has 0 bridgehead atoms. The van der Waals surface area contributed by atoms with Crippen molar-refractivity contribution in [3.63, 3.8) is 0 Å². The number of methoxy groups -OCH3 is 1. The molecule has 0 amide bonds. The molecule has 2 aromatic carbocycles. The lowest BCUT2D eigenvalue weighted by molar-refractivity contribution is -0.148. The number of fused-ring (bicyclic) bond motifs is 1. The van der Waals surface area contributed by atoms with Gasteiger partial charge in [0.2, 0.25) is 0 Å². The Morgan fingerprint density at radius 3 is 2.62 bits per heavy atom. The second kappa shape index (κ2) is 7.18. The summed E-state index contributed by atoms with van der Waals surface area (Å²) in [5.41, 5.74) is 0.241. The van der Waals surface area contributed by atoms with Gasteiger partial charge < -0.3 is 24.1 Å². The molecule has 0 radical (unpaired) electrons. The van der Waals surface area contributed by atoms with Crippen molar-refractivity contribution in [3.05, 3.63) is 64.5 Å². The zero-order valence-electron chi connectivity index (χ0n) is 13.8. The van der Waals surface area contributed by atoms with Crippen molar-refractivity contribution < 1.29 is 28.9 Å². The highest BCUT2D eigenvalue weighted by Gasteiger charge is 2.23. The van der Waals surface area contributed by atoms with E-state index in [2.05, 4.69) is 0 Å². The minimum absolute atomic E-state index is 0.0234. The van der Waals surface area contributed by atoms with E-state index in [1.54, 1.807) is 18.2 Å². The first-order valence-electron chi connectivity index (χ1n) is 7.75. The molecule has 0 spiro atoms. The van der Waals surface area contributed by atoms with Crippen molar-refractivity contribution in [2.45, 2.75) is 12.5 Å². The molecule has 1 unspecified atom stereocenters. The first-order valence-corrected chi connectivity index (χ1v) is 7.75. The van der Waals surface area contributed by atoms with E-state index in [0.29, 0.717) is 22.3 Å². The van der Waals surface area contributed by atoms with Gasteiger partial charge >= 0.3 is 11.6 Å². The molecule has 1 atom stereocenters. The summed E-state index contributed by atoms with van der Waals surface area (Å²) in [5.74, 6) is -0.578. The second-order valence-corrected chi connectivity index (χ2v) is 5.60. The fourth-order valence-corrected chi connectivity index (χ4v) is 2.51. The van der Waals surface area contributed by atoms with Crippen LogP contribution in [0.25, 0.3) is 11.0 Å².